The zero-order valence-corrected chi connectivity index (χ0v) is 14.1. The predicted molar refractivity (Wildman–Crippen MR) is 91.7 cm³/mol. The molecule has 0 spiro atoms. The Morgan fingerprint density at radius 2 is 2.25 bits per heavy atom. The van der Waals surface area contributed by atoms with Crippen LogP contribution >= 0.6 is 0 Å². The molecule has 2 amide bonds. The summed E-state index contributed by atoms with van der Waals surface area (Å²) in [7, 11) is 1.29. The molecule has 0 aliphatic carbocycles. The van der Waals surface area contributed by atoms with Gasteiger partial charge < -0.3 is 20.3 Å². The maximum atomic E-state index is 12.4. The van der Waals surface area contributed by atoms with E-state index < -0.39 is 6.09 Å². The van der Waals surface area contributed by atoms with Gasteiger partial charge in [-0.25, -0.2) is 4.79 Å². The lowest BCUT2D eigenvalue weighted by molar-refractivity contribution is -0.130. The molecule has 2 aliphatic heterocycles. The zero-order chi connectivity index (χ0) is 17.1. The maximum Gasteiger partial charge on any atom is 0.407 e. The molecule has 2 N–H and O–H groups in total. The van der Waals surface area contributed by atoms with Gasteiger partial charge in [-0.15, -0.1) is 0 Å². The molecule has 0 saturated carbocycles. The van der Waals surface area contributed by atoms with Crippen LogP contribution in [-0.2, 0) is 16.0 Å². The van der Waals surface area contributed by atoms with Gasteiger partial charge >= 0.3 is 6.09 Å². The van der Waals surface area contributed by atoms with Crippen molar-refractivity contribution in [3.8, 4) is 0 Å². The number of fused-ring (bicyclic) bond motifs is 1. The summed E-state index contributed by atoms with van der Waals surface area (Å²) in [5.41, 5.74) is 4.72. The lowest BCUT2D eigenvalue weighted by Crippen LogP contribution is -2.44. The second-order valence-corrected chi connectivity index (χ2v) is 6.24. The van der Waals surface area contributed by atoms with Crippen molar-refractivity contribution in [3.05, 3.63) is 41.1 Å². The predicted octanol–water partition coefficient (Wildman–Crippen LogP) is 2.19. The molecule has 0 radical (unpaired) electrons. The second-order valence-electron chi connectivity index (χ2n) is 6.24. The Morgan fingerprint density at radius 1 is 1.42 bits per heavy atom. The summed E-state index contributed by atoms with van der Waals surface area (Å²) in [6.45, 7) is 2.77. The average Bonchev–Trinajstić information content (AvgIpc) is 3.08. The van der Waals surface area contributed by atoms with E-state index in [1.54, 1.807) is 0 Å². The quantitative estimate of drug-likeness (QED) is 0.892. The highest BCUT2D eigenvalue weighted by Gasteiger charge is 2.32. The van der Waals surface area contributed by atoms with Crippen LogP contribution in [0.25, 0.3) is 0 Å². The van der Waals surface area contributed by atoms with E-state index in [9.17, 15) is 9.59 Å². The number of nitrogens with one attached hydrogen (secondary N) is 2. The normalized spacial score (nSPS) is 19.2. The Labute approximate surface area is 141 Å². The topological polar surface area (TPSA) is 70.7 Å². The third-order valence-corrected chi connectivity index (χ3v) is 4.58. The number of anilines is 1. The van der Waals surface area contributed by atoms with E-state index in [0.717, 1.165) is 30.6 Å². The molecule has 0 aromatic heterocycles. The third-order valence-electron chi connectivity index (χ3n) is 4.58. The first-order valence-electron chi connectivity index (χ1n) is 8.26. The van der Waals surface area contributed by atoms with E-state index in [4.69, 9.17) is 0 Å². The number of rotatable bonds is 3. The molecule has 1 aromatic rings. The van der Waals surface area contributed by atoms with Crippen LogP contribution in [0.5, 0.6) is 0 Å². The molecular formula is C18H23N3O3. The average molecular weight is 329 g/mol. The molecule has 1 saturated heterocycles. The van der Waals surface area contributed by atoms with Crippen LogP contribution in [-0.4, -0.2) is 43.1 Å². The first-order chi connectivity index (χ1) is 11.6. The van der Waals surface area contributed by atoms with E-state index in [-0.39, 0.29) is 18.5 Å². The van der Waals surface area contributed by atoms with Crippen molar-refractivity contribution in [1.82, 2.24) is 10.2 Å². The van der Waals surface area contributed by atoms with Crippen molar-refractivity contribution >= 4 is 17.7 Å². The van der Waals surface area contributed by atoms with Gasteiger partial charge in [0.15, 0.2) is 0 Å². The number of alkyl carbamates (subject to hydrolysis) is 1. The number of hydrogen-bond acceptors (Lipinski definition) is 4. The molecule has 0 bridgehead atoms. The molecule has 128 valence electrons. The van der Waals surface area contributed by atoms with Gasteiger partial charge in [-0.1, -0.05) is 23.8 Å². The van der Waals surface area contributed by atoms with E-state index in [1.807, 2.05) is 4.90 Å². The van der Waals surface area contributed by atoms with Crippen molar-refractivity contribution in [3.63, 3.8) is 0 Å². The summed E-state index contributed by atoms with van der Waals surface area (Å²) in [5.74, 6) is -0.0831. The van der Waals surface area contributed by atoms with Crippen molar-refractivity contribution in [2.24, 2.45) is 0 Å². The number of hydrogen-bond donors (Lipinski definition) is 2. The molecule has 2 aliphatic rings. The zero-order valence-electron chi connectivity index (χ0n) is 14.1. The highest BCUT2D eigenvalue weighted by atomic mass is 16.5. The van der Waals surface area contributed by atoms with Gasteiger partial charge in [-0.2, -0.15) is 0 Å². The lowest BCUT2D eigenvalue weighted by Gasteiger charge is -2.30. The first-order valence-corrected chi connectivity index (χ1v) is 8.26. The number of benzene rings is 1. The van der Waals surface area contributed by atoms with Gasteiger partial charge in [0.25, 0.3) is 0 Å². The summed E-state index contributed by atoms with van der Waals surface area (Å²) < 4.78 is 4.51. The summed E-state index contributed by atoms with van der Waals surface area (Å²) in [4.78, 5) is 25.4. The number of amides is 2. The van der Waals surface area contributed by atoms with Gasteiger partial charge in [0.1, 0.15) is 6.54 Å². The number of likely N-dealkylation sites (tertiary alicyclic amines) is 1. The van der Waals surface area contributed by atoms with E-state index in [2.05, 4.69) is 46.6 Å². The van der Waals surface area contributed by atoms with E-state index in [1.165, 1.54) is 18.2 Å². The fourth-order valence-electron chi connectivity index (χ4n) is 3.37. The SMILES string of the molecule is COC(=O)NCC(=O)N1CCC[C@H]1C1=CCc2cc(C)ccc2N1. The van der Waals surface area contributed by atoms with E-state index >= 15 is 0 Å². The highest BCUT2D eigenvalue weighted by molar-refractivity contribution is 5.83. The Morgan fingerprint density at radius 3 is 3.04 bits per heavy atom. The van der Waals surface area contributed by atoms with Crippen LogP contribution in [0.15, 0.2) is 30.0 Å². The van der Waals surface area contributed by atoms with Crippen molar-refractivity contribution < 1.29 is 14.3 Å². The standard InChI is InChI=1S/C18H23N3O3/c1-12-5-7-14-13(10-12)6-8-15(20-14)16-4-3-9-21(16)17(22)11-19-18(23)24-2/h5,7-8,10,16,20H,3-4,6,9,11H2,1-2H3,(H,19,23)/t16-/m0/s1. The van der Waals surface area contributed by atoms with Gasteiger partial charge in [0.2, 0.25) is 5.91 Å². The number of allylic oxidation sites excluding steroid dienone is 1. The van der Waals surface area contributed by atoms with Gasteiger partial charge in [0.05, 0.1) is 13.2 Å². The molecule has 6 nitrogen and oxygen atoms in total. The Bertz CT molecular complexity index is 684. The molecule has 1 fully saturated rings. The van der Waals surface area contributed by atoms with Crippen LogP contribution in [0.4, 0.5) is 10.5 Å². The van der Waals surface area contributed by atoms with Gasteiger partial charge in [0, 0.05) is 17.9 Å². The summed E-state index contributed by atoms with van der Waals surface area (Å²) in [5, 5.41) is 5.94. The summed E-state index contributed by atoms with van der Waals surface area (Å²) >= 11 is 0. The van der Waals surface area contributed by atoms with Gasteiger partial charge in [-0.3, -0.25) is 4.79 Å². The Kier molecular flexibility index (Phi) is 4.74. The fourth-order valence-corrected chi connectivity index (χ4v) is 3.37. The molecule has 3 rings (SSSR count). The molecule has 24 heavy (non-hydrogen) atoms. The molecule has 2 heterocycles. The smallest absolute Gasteiger partial charge is 0.407 e. The molecule has 0 unspecified atom stereocenters. The number of aryl methyl sites for hydroxylation is 1. The number of methoxy groups -OCH3 is 1. The molecular weight excluding hydrogens is 306 g/mol. The Balaban J connectivity index is 1.68. The largest absolute Gasteiger partial charge is 0.453 e. The minimum atomic E-state index is -0.585. The van der Waals surface area contributed by atoms with E-state index in [0.29, 0.717) is 6.54 Å². The second kappa shape index (κ2) is 6.95. The lowest BCUT2D eigenvalue weighted by atomic mass is 9.99. The van der Waals surface area contributed by atoms with Crippen molar-refractivity contribution in [2.45, 2.75) is 32.2 Å². The fraction of sp³-hybridized carbons (Fsp3) is 0.444. The van der Waals surface area contributed by atoms with Crippen LogP contribution < -0.4 is 10.6 Å². The number of ether oxygens (including phenoxy) is 1. The van der Waals surface area contributed by atoms with Crippen LogP contribution in [0.2, 0.25) is 0 Å². The van der Waals surface area contributed by atoms with Gasteiger partial charge in [-0.05, 0) is 37.8 Å². The minimum Gasteiger partial charge on any atom is -0.453 e. The summed E-state index contributed by atoms with van der Waals surface area (Å²) in [6.07, 6.45) is 4.36. The van der Waals surface area contributed by atoms with Crippen LogP contribution in [0, 0.1) is 6.92 Å². The molecule has 1 aromatic carbocycles. The van der Waals surface area contributed by atoms with Crippen molar-refractivity contribution in [1.29, 1.82) is 0 Å². The number of carbonyl (C=O) groups excluding carboxylic acids is 2. The number of carbonyl (C=O) groups is 2. The maximum absolute atomic E-state index is 12.4. The number of nitrogens with zero attached hydrogens (tertiary/aromatic N) is 1. The first kappa shape index (κ1) is 16.4. The summed E-state index contributed by atoms with van der Waals surface area (Å²) in [6, 6.07) is 6.42. The Hall–Kier alpha value is -2.50. The van der Waals surface area contributed by atoms with Crippen LogP contribution in [0.3, 0.4) is 0 Å². The van der Waals surface area contributed by atoms with Crippen molar-refractivity contribution in [2.75, 3.05) is 25.5 Å². The molecule has 6 heteroatoms. The van der Waals surface area contributed by atoms with Crippen LogP contribution in [0.1, 0.15) is 24.0 Å². The third kappa shape index (κ3) is 3.37. The molecule has 1 atom stereocenters. The highest BCUT2D eigenvalue weighted by Crippen LogP contribution is 2.30. The minimum absolute atomic E-state index is 0.0355. The monoisotopic (exact) mass is 329 g/mol.